The van der Waals surface area contributed by atoms with Gasteiger partial charge in [0.05, 0.1) is 0 Å². The summed E-state index contributed by atoms with van der Waals surface area (Å²) < 4.78 is 4.52. The molecule has 15 heavy (non-hydrogen) atoms. The number of aliphatic carboxylic acids is 1. The Balaban J connectivity index is 2.63. The second kappa shape index (κ2) is 4.39. The average Bonchev–Trinajstić information content (AvgIpc) is 2.60. The largest absolute Gasteiger partial charge is 0.480 e. The molecule has 1 aromatic heterocycles. The van der Waals surface area contributed by atoms with E-state index in [4.69, 9.17) is 5.11 Å². The third kappa shape index (κ3) is 2.53. The van der Waals surface area contributed by atoms with Crippen LogP contribution < -0.4 is 5.32 Å². The Morgan fingerprint density at radius 3 is 2.67 bits per heavy atom. The van der Waals surface area contributed by atoms with Crippen molar-refractivity contribution < 1.29 is 14.5 Å². The summed E-state index contributed by atoms with van der Waals surface area (Å²) in [5, 5.41) is 19.2. The van der Waals surface area contributed by atoms with E-state index < -0.39 is 11.5 Å². The summed E-state index contributed by atoms with van der Waals surface area (Å²) in [4.78, 5) is 11.0. The first-order chi connectivity index (χ1) is 6.99. The van der Waals surface area contributed by atoms with Crippen molar-refractivity contribution in [2.24, 2.45) is 0 Å². The van der Waals surface area contributed by atoms with Gasteiger partial charge in [-0.25, -0.2) is 4.63 Å². The number of nitrogens with zero attached hydrogens (tertiary/aromatic N) is 2. The van der Waals surface area contributed by atoms with E-state index in [1.807, 2.05) is 6.92 Å². The number of rotatable bonds is 5. The predicted molar refractivity (Wildman–Crippen MR) is 52.2 cm³/mol. The standard InChI is InChI=1S/C9H15N3O3/c1-4-9(3,8(13)14)10-5-7-6(2)11-15-12-7/h10H,4-5H2,1-3H3,(H,13,14). The van der Waals surface area contributed by atoms with Gasteiger partial charge < -0.3 is 5.11 Å². The molecule has 0 aromatic carbocycles. The first kappa shape index (κ1) is 11.6. The number of nitrogens with one attached hydrogen (secondary N) is 1. The number of aromatic nitrogens is 2. The van der Waals surface area contributed by atoms with Crippen molar-refractivity contribution in [1.29, 1.82) is 0 Å². The van der Waals surface area contributed by atoms with Gasteiger partial charge in [0, 0.05) is 6.54 Å². The Morgan fingerprint density at radius 1 is 1.60 bits per heavy atom. The topological polar surface area (TPSA) is 88.3 Å². The Labute approximate surface area is 87.6 Å². The molecule has 1 unspecified atom stereocenters. The van der Waals surface area contributed by atoms with Crippen LogP contribution in [0.4, 0.5) is 0 Å². The SMILES string of the molecule is CCC(C)(NCc1nonc1C)C(=O)O. The number of aryl methyl sites for hydroxylation is 1. The lowest BCUT2D eigenvalue weighted by Gasteiger charge is -2.23. The quantitative estimate of drug-likeness (QED) is 0.749. The molecule has 0 radical (unpaired) electrons. The number of carbonyl (C=O) groups is 1. The monoisotopic (exact) mass is 213 g/mol. The van der Waals surface area contributed by atoms with Gasteiger partial charge in [0.1, 0.15) is 16.9 Å². The van der Waals surface area contributed by atoms with Crippen molar-refractivity contribution in [2.75, 3.05) is 0 Å². The third-order valence-corrected chi connectivity index (χ3v) is 2.57. The van der Waals surface area contributed by atoms with Crippen LogP contribution in [0.15, 0.2) is 4.63 Å². The van der Waals surface area contributed by atoms with E-state index >= 15 is 0 Å². The lowest BCUT2D eigenvalue weighted by molar-refractivity contribution is -0.144. The highest BCUT2D eigenvalue weighted by molar-refractivity contribution is 5.78. The summed E-state index contributed by atoms with van der Waals surface area (Å²) in [5.41, 5.74) is 0.369. The Hall–Kier alpha value is -1.43. The number of hydrogen-bond donors (Lipinski definition) is 2. The van der Waals surface area contributed by atoms with Crippen LogP contribution in [0.25, 0.3) is 0 Å². The summed E-state index contributed by atoms with van der Waals surface area (Å²) in [6.45, 7) is 5.55. The normalized spacial score (nSPS) is 14.9. The average molecular weight is 213 g/mol. The summed E-state index contributed by atoms with van der Waals surface area (Å²) in [6, 6.07) is 0. The highest BCUT2D eigenvalue weighted by Crippen LogP contribution is 2.11. The second-order valence-electron chi connectivity index (χ2n) is 3.64. The van der Waals surface area contributed by atoms with Gasteiger partial charge in [-0.2, -0.15) is 0 Å². The Morgan fingerprint density at radius 2 is 2.27 bits per heavy atom. The van der Waals surface area contributed by atoms with E-state index in [1.54, 1.807) is 13.8 Å². The highest BCUT2D eigenvalue weighted by Gasteiger charge is 2.30. The molecule has 1 heterocycles. The highest BCUT2D eigenvalue weighted by atomic mass is 16.6. The number of hydrogen-bond acceptors (Lipinski definition) is 5. The van der Waals surface area contributed by atoms with Crippen LogP contribution in [-0.2, 0) is 11.3 Å². The molecule has 0 aliphatic rings. The molecule has 0 amide bonds. The van der Waals surface area contributed by atoms with Crippen LogP contribution in [0.2, 0.25) is 0 Å². The lowest BCUT2D eigenvalue weighted by Crippen LogP contribution is -2.48. The fraction of sp³-hybridized carbons (Fsp3) is 0.667. The molecule has 1 atom stereocenters. The first-order valence-electron chi connectivity index (χ1n) is 4.76. The summed E-state index contributed by atoms with van der Waals surface area (Å²) >= 11 is 0. The molecule has 6 nitrogen and oxygen atoms in total. The molecule has 0 aliphatic heterocycles. The molecule has 0 bridgehead atoms. The van der Waals surface area contributed by atoms with Crippen molar-refractivity contribution >= 4 is 5.97 Å². The molecular weight excluding hydrogens is 198 g/mol. The number of carboxylic acid groups (broad SMARTS) is 1. The minimum atomic E-state index is -0.939. The van der Waals surface area contributed by atoms with Crippen LogP contribution in [0.3, 0.4) is 0 Å². The van der Waals surface area contributed by atoms with E-state index in [0.29, 0.717) is 24.4 Å². The van der Waals surface area contributed by atoms with Gasteiger partial charge in [-0.15, -0.1) is 0 Å². The van der Waals surface area contributed by atoms with Gasteiger partial charge in [-0.05, 0) is 20.3 Å². The van der Waals surface area contributed by atoms with Crippen molar-refractivity contribution in [2.45, 2.75) is 39.3 Å². The van der Waals surface area contributed by atoms with Crippen LogP contribution in [0.1, 0.15) is 31.7 Å². The predicted octanol–water partition coefficient (Wildman–Crippen LogP) is 0.721. The molecule has 1 rings (SSSR count). The summed E-state index contributed by atoms with van der Waals surface area (Å²) in [7, 11) is 0. The number of carboxylic acids is 1. The zero-order chi connectivity index (χ0) is 11.5. The zero-order valence-corrected chi connectivity index (χ0v) is 9.07. The smallest absolute Gasteiger partial charge is 0.323 e. The van der Waals surface area contributed by atoms with Crippen molar-refractivity contribution in [1.82, 2.24) is 15.6 Å². The van der Waals surface area contributed by atoms with E-state index in [1.165, 1.54) is 0 Å². The molecule has 84 valence electrons. The minimum Gasteiger partial charge on any atom is -0.480 e. The molecular formula is C9H15N3O3. The van der Waals surface area contributed by atoms with Crippen LogP contribution in [-0.4, -0.2) is 26.9 Å². The van der Waals surface area contributed by atoms with Gasteiger partial charge in [0.15, 0.2) is 0 Å². The molecule has 0 aliphatic carbocycles. The zero-order valence-electron chi connectivity index (χ0n) is 9.07. The van der Waals surface area contributed by atoms with Gasteiger partial charge in [0.2, 0.25) is 0 Å². The Bertz CT molecular complexity index is 350. The van der Waals surface area contributed by atoms with Crippen LogP contribution in [0.5, 0.6) is 0 Å². The third-order valence-electron chi connectivity index (χ3n) is 2.57. The summed E-state index contributed by atoms with van der Waals surface area (Å²) in [6.07, 6.45) is 0.493. The second-order valence-corrected chi connectivity index (χ2v) is 3.64. The van der Waals surface area contributed by atoms with Gasteiger partial charge in [-0.1, -0.05) is 17.2 Å². The molecule has 6 heteroatoms. The van der Waals surface area contributed by atoms with Gasteiger partial charge in [-0.3, -0.25) is 10.1 Å². The van der Waals surface area contributed by atoms with Crippen molar-refractivity contribution in [3.8, 4) is 0 Å². The maximum atomic E-state index is 11.0. The van der Waals surface area contributed by atoms with Crippen molar-refractivity contribution in [3.63, 3.8) is 0 Å². The maximum absolute atomic E-state index is 11.0. The fourth-order valence-corrected chi connectivity index (χ4v) is 1.04. The minimum absolute atomic E-state index is 0.339. The van der Waals surface area contributed by atoms with E-state index in [2.05, 4.69) is 20.3 Å². The maximum Gasteiger partial charge on any atom is 0.323 e. The van der Waals surface area contributed by atoms with Gasteiger partial charge in [0.25, 0.3) is 0 Å². The molecule has 0 saturated heterocycles. The van der Waals surface area contributed by atoms with Crippen LogP contribution in [0, 0.1) is 6.92 Å². The molecule has 2 N–H and O–H groups in total. The molecule has 1 aromatic rings. The van der Waals surface area contributed by atoms with Gasteiger partial charge >= 0.3 is 5.97 Å². The van der Waals surface area contributed by atoms with E-state index in [-0.39, 0.29) is 0 Å². The molecule has 0 saturated carbocycles. The molecule has 0 spiro atoms. The van der Waals surface area contributed by atoms with E-state index in [0.717, 1.165) is 0 Å². The summed E-state index contributed by atoms with van der Waals surface area (Å²) in [5.74, 6) is -0.876. The molecule has 0 fully saturated rings. The Kier molecular flexibility index (Phi) is 3.41. The fourth-order valence-electron chi connectivity index (χ4n) is 1.04. The van der Waals surface area contributed by atoms with E-state index in [9.17, 15) is 4.79 Å². The lowest BCUT2D eigenvalue weighted by atomic mass is 9.99. The van der Waals surface area contributed by atoms with Crippen molar-refractivity contribution in [3.05, 3.63) is 11.4 Å². The van der Waals surface area contributed by atoms with Crippen LogP contribution >= 0.6 is 0 Å². The first-order valence-corrected chi connectivity index (χ1v) is 4.76.